The summed E-state index contributed by atoms with van der Waals surface area (Å²) in [5, 5.41) is 9.06. The van der Waals surface area contributed by atoms with Crippen molar-refractivity contribution >= 4 is 26.7 Å². The van der Waals surface area contributed by atoms with Gasteiger partial charge in [-0.1, -0.05) is 6.58 Å². The van der Waals surface area contributed by atoms with E-state index in [1.165, 1.54) is 13.1 Å². The van der Waals surface area contributed by atoms with Crippen molar-refractivity contribution in [3.63, 3.8) is 0 Å². The predicted molar refractivity (Wildman–Crippen MR) is 72.0 cm³/mol. The van der Waals surface area contributed by atoms with Crippen LogP contribution in [0.4, 0.5) is 5.82 Å². The molecule has 0 saturated carbocycles. The fourth-order valence-corrected chi connectivity index (χ4v) is 1.75. The van der Waals surface area contributed by atoms with Crippen LogP contribution in [-0.4, -0.2) is 42.9 Å². The quantitative estimate of drug-likeness (QED) is 0.605. The van der Waals surface area contributed by atoms with Gasteiger partial charge in [0.2, 0.25) is 15.0 Å². The standard InChI is InChI=1S/C10H15N5O2S/c1-5-8(12-9-6-7(2)14-15-9)13-10(11-3)18(4,16)17/h5-6H,1H2,2-4H3,(H2,11,12,13,14,15). The average Bonchev–Trinajstić information content (AvgIpc) is 2.68. The van der Waals surface area contributed by atoms with E-state index in [4.69, 9.17) is 0 Å². The molecule has 0 radical (unpaired) electrons. The lowest BCUT2D eigenvalue weighted by molar-refractivity contribution is 0.611. The van der Waals surface area contributed by atoms with Crippen LogP contribution >= 0.6 is 0 Å². The summed E-state index contributed by atoms with van der Waals surface area (Å²) in [4.78, 5) is 7.75. The molecule has 1 aromatic heterocycles. The molecule has 0 unspecified atom stereocenters. The van der Waals surface area contributed by atoms with Crippen LogP contribution in [-0.2, 0) is 9.84 Å². The molecule has 1 aromatic rings. The molecular formula is C10H15N5O2S. The maximum absolute atomic E-state index is 11.4. The molecule has 0 spiro atoms. The monoisotopic (exact) mass is 269 g/mol. The fourth-order valence-electron chi connectivity index (χ4n) is 1.13. The van der Waals surface area contributed by atoms with Crippen LogP contribution in [0.5, 0.6) is 0 Å². The molecule has 18 heavy (non-hydrogen) atoms. The van der Waals surface area contributed by atoms with Crippen LogP contribution in [0.3, 0.4) is 0 Å². The topological polar surface area (TPSA) is 99.6 Å². The number of sulfone groups is 1. The molecule has 0 atom stereocenters. The number of nitrogens with zero attached hydrogens (tertiary/aromatic N) is 3. The summed E-state index contributed by atoms with van der Waals surface area (Å²) in [7, 11) is -2.05. The van der Waals surface area contributed by atoms with Gasteiger partial charge >= 0.3 is 0 Å². The third kappa shape index (κ3) is 3.81. The molecule has 0 bridgehead atoms. The van der Waals surface area contributed by atoms with Crippen LogP contribution < -0.4 is 5.32 Å². The van der Waals surface area contributed by atoms with Gasteiger partial charge in [-0.2, -0.15) is 5.10 Å². The van der Waals surface area contributed by atoms with Crippen molar-refractivity contribution < 1.29 is 8.42 Å². The van der Waals surface area contributed by atoms with Gasteiger partial charge in [0.05, 0.1) is 0 Å². The number of amidine groups is 2. The second-order valence-electron chi connectivity index (χ2n) is 3.54. The van der Waals surface area contributed by atoms with Crippen LogP contribution in [0.25, 0.3) is 0 Å². The van der Waals surface area contributed by atoms with Gasteiger partial charge in [-0.05, 0) is 13.0 Å². The first kappa shape index (κ1) is 14.1. The molecule has 1 rings (SSSR count). The third-order valence-corrected chi connectivity index (χ3v) is 2.90. The zero-order valence-corrected chi connectivity index (χ0v) is 11.2. The van der Waals surface area contributed by atoms with E-state index < -0.39 is 9.84 Å². The number of aromatic amines is 1. The van der Waals surface area contributed by atoms with Crippen molar-refractivity contribution in [1.29, 1.82) is 0 Å². The van der Waals surface area contributed by atoms with E-state index in [0.29, 0.717) is 5.82 Å². The van der Waals surface area contributed by atoms with E-state index in [1.54, 1.807) is 6.07 Å². The maximum atomic E-state index is 11.4. The first-order valence-electron chi connectivity index (χ1n) is 5.04. The minimum absolute atomic E-state index is 0.173. The highest BCUT2D eigenvalue weighted by atomic mass is 32.2. The average molecular weight is 269 g/mol. The maximum Gasteiger partial charge on any atom is 0.221 e. The van der Waals surface area contributed by atoms with Gasteiger partial charge in [0.25, 0.3) is 0 Å². The van der Waals surface area contributed by atoms with E-state index in [1.807, 2.05) is 6.92 Å². The number of aryl methyl sites for hydroxylation is 1. The zero-order chi connectivity index (χ0) is 13.8. The second-order valence-corrected chi connectivity index (χ2v) is 5.47. The Bertz CT molecular complexity index is 598. The summed E-state index contributed by atoms with van der Waals surface area (Å²) in [5.74, 6) is 0.686. The van der Waals surface area contributed by atoms with Crippen LogP contribution in [0.15, 0.2) is 28.7 Å². The molecule has 0 amide bonds. The lowest BCUT2D eigenvalue weighted by Crippen LogP contribution is -2.34. The molecule has 8 heteroatoms. The minimum atomic E-state index is -3.43. The van der Waals surface area contributed by atoms with Gasteiger partial charge in [-0.15, -0.1) is 0 Å². The number of hydrogen-bond donors (Lipinski definition) is 2. The first-order valence-corrected chi connectivity index (χ1v) is 6.93. The van der Waals surface area contributed by atoms with E-state index in [2.05, 4.69) is 32.1 Å². The van der Waals surface area contributed by atoms with Gasteiger partial charge in [0.1, 0.15) is 5.84 Å². The molecule has 0 aromatic carbocycles. The number of nitrogens with one attached hydrogen (secondary N) is 2. The first-order chi connectivity index (χ1) is 8.36. The Labute approximate surface area is 106 Å². The van der Waals surface area contributed by atoms with Crippen molar-refractivity contribution in [3.8, 4) is 0 Å². The summed E-state index contributed by atoms with van der Waals surface area (Å²) in [6.45, 7) is 5.39. The zero-order valence-electron chi connectivity index (χ0n) is 10.4. The Morgan fingerprint density at radius 2 is 2.28 bits per heavy atom. The Morgan fingerprint density at radius 3 is 2.67 bits per heavy atom. The minimum Gasteiger partial charge on any atom is -0.316 e. The number of aliphatic imine (C=N–C) groups is 2. The molecular weight excluding hydrogens is 254 g/mol. The number of hydrogen-bond acceptors (Lipinski definition) is 5. The smallest absolute Gasteiger partial charge is 0.221 e. The molecule has 2 N–H and O–H groups in total. The van der Waals surface area contributed by atoms with Crippen molar-refractivity contribution in [1.82, 2.24) is 15.5 Å². The predicted octanol–water partition coefficient (Wildman–Crippen LogP) is 0.554. The number of aromatic nitrogens is 2. The summed E-state index contributed by atoms with van der Waals surface area (Å²) in [6.07, 6.45) is 2.45. The van der Waals surface area contributed by atoms with Crippen molar-refractivity contribution in [2.75, 3.05) is 13.3 Å². The van der Waals surface area contributed by atoms with E-state index in [-0.39, 0.29) is 11.0 Å². The molecule has 1 heterocycles. The van der Waals surface area contributed by atoms with Crippen molar-refractivity contribution in [2.24, 2.45) is 9.98 Å². The SMILES string of the molecule is C=CC(=Nc1cc(C)[nH]n1)NC(=NC)S(C)(=O)=O. The highest BCUT2D eigenvalue weighted by Crippen LogP contribution is 2.08. The third-order valence-electron chi connectivity index (χ3n) is 1.91. The summed E-state index contributed by atoms with van der Waals surface area (Å²) < 4.78 is 22.7. The summed E-state index contributed by atoms with van der Waals surface area (Å²) >= 11 is 0. The Hall–Kier alpha value is -1.96. The Kier molecular flexibility index (Phi) is 4.38. The molecule has 0 fully saturated rings. The highest BCUT2D eigenvalue weighted by molar-refractivity contribution is 8.05. The lowest BCUT2D eigenvalue weighted by atomic mass is 10.5. The summed E-state index contributed by atoms with van der Waals surface area (Å²) in [6, 6.07) is 1.72. The van der Waals surface area contributed by atoms with Crippen molar-refractivity contribution in [2.45, 2.75) is 6.92 Å². The molecule has 0 aliphatic carbocycles. The lowest BCUT2D eigenvalue weighted by Gasteiger charge is -2.06. The fraction of sp³-hybridized carbons (Fsp3) is 0.300. The van der Waals surface area contributed by atoms with E-state index in [9.17, 15) is 8.42 Å². The Morgan fingerprint density at radius 1 is 1.61 bits per heavy atom. The van der Waals surface area contributed by atoms with Gasteiger partial charge in [-0.25, -0.2) is 13.4 Å². The van der Waals surface area contributed by atoms with Gasteiger partial charge in [0.15, 0.2) is 5.82 Å². The van der Waals surface area contributed by atoms with E-state index in [0.717, 1.165) is 11.9 Å². The van der Waals surface area contributed by atoms with Gasteiger partial charge < -0.3 is 5.32 Å². The molecule has 0 aliphatic rings. The number of rotatable bonds is 2. The second kappa shape index (κ2) is 5.58. The van der Waals surface area contributed by atoms with Crippen LogP contribution in [0, 0.1) is 6.92 Å². The normalized spacial score (nSPS) is 13.5. The largest absolute Gasteiger partial charge is 0.316 e. The molecule has 98 valence electrons. The van der Waals surface area contributed by atoms with Gasteiger partial charge in [0, 0.05) is 25.1 Å². The van der Waals surface area contributed by atoms with Crippen molar-refractivity contribution in [3.05, 3.63) is 24.4 Å². The number of H-pyrrole nitrogens is 1. The van der Waals surface area contributed by atoms with Crippen LogP contribution in [0.1, 0.15) is 5.69 Å². The highest BCUT2D eigenvalue weighted by Gasteiger charge is 2.13. The summed E-state index contributed by atoms with van der Waals surface area (Å²) in [5.41, 5.74) is 0.852. The molecule has 7 nitrogen and oxygen atoms in total. The Balaban J connectivity index is 2.99. The van der Waals surface area contributed by atoms with Crippen LogP contribution in [0.2, 0.25) is 0 Å². The molecule has 0 saturated heterocycles. The van der Waals surface area contributed by atoms with E-state index >= 15 is 0 Å². The van der Waals surface area contributed by atoms with Gasteiger partial charge in [-0.3, -0.25) is 10.1 Å². The molecule has 0 aliphatic heterocycles.